The first-order chi connectivity index (χ1) is 6.35. The van der Waals surface area contributed by atoms with E-state index in [2.05, 4.69) is 19.2 Å². The normalized spacial score (nSPS) is 22.9. The maximum atomic E-state index is 13.2. The first-order valence-electron chi connectivity index (χ1n) is 5.09. The van der Waals surface area contributed by atoms with E-state index in [4.69, 9.17) is 0 Å². The first-order valence-corrected chi connectivity index (χ1v) is 5.09. The maximum absolute atomic E-state index is 13.2. The van der Waals surface area contributed by atoms with E-state index >= 15 is 0 Å². The molecule has 1 aliphatic rings. The number of alkyl halides is 2. The average molecular weight is 206 g/mol. The zero-order chi connectivity index (χ0) is 10.8. The van der Waals surface area contributed by atoms with Crippen LogP contribution in [0.5, 0.6) is 0 Å². The summed E-state index contributed by atoms with van der Waals surface area (Å²) < 4.78 is 26.4. The summed E-state index contributed by atoms with van der Waals surface area (Å²) >= 11 is 0. The van der Waals surface area contributed by atoms with Gasteiger partial charge in [0.25, 0.3) is 5.92 Å². The van der Waals surface area contributed by atoms with Gasteiger partial charge in [-0.25, -0.2) is 8.78 Å². The lowest BCUT2D eigenvalue weighted by molar-refractivity contribution is -0.0256. The van der Waals surface area contributed by atoms with Crippen molar-refractivity contribution in [2.45, 2.75) is 26.2 Å². The molecule has 1 N–H and O–H groups in total. The van der Waals surface area contributed by atoms with E-state index in [1.807, 2.05) is 4.90 Å². The van der Waals surface area contributed by atoms with E-state index in [0.29, 0.717) is 0 Å². The van der Waals surface area contributed by atoms with Crippen LogP contribution >= 0.6 is 0 Å². The molecule has 4 heteroatoms. The Morgan fingerprint density at radius 2 is 2.07 bits per heavy atom. The molecule has 0 aromatic heterocycles. The van der Waals surface area contributed by atoms with E-state index in [1.54, 1.807) is 7.05 Å². The summed E-state index contributed by atoms with van der Waals surface area (Å²) in [5, 5.41) is 2.53. The van der Waals surface area contributed by atoms with Gasteiger partial charge >= 0.3 is 0 Å². The molecule has 84 valence electrons. The minimum Gasteiger partial charge on any atom is -0.314 e. The lowest BCUT2D eigenvalue weighted by Crippen LogP contribution is -2.42. The summed E-state index contributed by atoms with van der Waals surface area (Å²) in [6, 6.07) is 0. The van der Waals surface area contributed by atoms with Crippen LogP contribution < -0.4 is 5.32 Å². The van der Waals surface area contributed by atoms with E-state index in [9.17, 15) is 8.78 Å². The van der Waals surface area contributed by atoms with Crippen LogP contribution in [0, 0.1) is 5.41 Å². The summed E-state index contributed by atoms with van der Waals surface area (Å²) in [5.41, 5.74) is 0.204. The van der Waals surface area contributed by atoms with Crippen LogP contribution in [-0.2, 0) is 0 Å². The van der Waals surface area contributed by atoms with Crippen LogP contribution in [0.1, 0.15) is 20.3 Å². The minimum absolute atomic E-state index is 0.114. The average Bonchev–Trinajstić information content (AvgIpc) is 2.28. The Kier molecular flexibility index (Phi) is 3.48. The lowest BCUT2D eigenvalue weighted by Gasteiger charge is -2.24. The van der Waals surface area contributed by atoms with Crippen LogP contribution in [0.2, 0.25) is 0 Å². The van der Waals surface area contributed by atoms with E-state index in [1.165, 1.54) is 0 Å². The number of nitrogens with one attached hydrogen (secondary N) is 1. The Balaban J connectivity index is 2.39. The lowest BCUT2D eigenvalue weighted by atomic mass is 9.93. The fraction of sp³-hybridized carbons (Fsp3) is 1.00. The number of nitrogens with zero attached hydrogens (tertiary/aromatic N) is 1. The highest BCUT2D eigenvalue weighted by molar-refractivity contribution is 4.85. The Bertz CT molecular complexity index is 193. The molecule has 1 fully saturated rings. The predicted octanol–water partition coefficient (Wildman–Crippen LogP) is 1.57. The second-order valence-corrected chi connectivity index (χ2v) is 5.01. The van der Waals surface area contributed by atoms with E-state index in [-0.39, 0.29) is 18.5 Å². The molecule has 1 saturated heterocycles. The van der Waals surface area contributed by atoms with Crippen molar-refractivity contribution in [2.75, 3.05) is 33.2 Å². The monoisotopic (exact) mass is 206 g/mol. The molecule has 0 amide bonds. The van der Waals surface area contributed by atoms with Crippen molar-refractivity contribution in [3.8, 4) is 0 Å². The van der Waals surface area contributed by atoms with Crippen LogP contribution in [-0.4, -0.2) is 44.0 Å². The quantitative estimate of drug-likeness (QED) is 0.751. The highest BCUT2D eigenvalue weighted by Gasteiger charge is 2.36. The van der Waals surface area contributed by atoms with Gasteiger partial charge in [-0.3, -0.25) is 4.90 Å². The van der Waals surface area contributed by atoms with Gasteiger partial charge in [0.1, 0.15) is 0 Å². The van der Waals surface area contributed by atoms with Gasteiger partial charge < -0.3 is 5.32 Å². The van der Waals surface area contributed by atoms with Crippen molar-refractivity contribution >= 4 is 0 Å². The predicted molar refractivity (Wildman–Crippen MR) is 53.7 cm³/mol. The molecule has 0 spiro atoms. The zero-order valence-electron chi connectivity index (χ0n) is 9.24. The van der Waals surface area contributed by atoms with Crippen LogP contribution in [0.3, 0.4) is 0 Å². The highest BCUT2D eigenvalue weighted by Crippen LogP contribution is 2.30. The van der Waals surface area contributed by atoms with Crippen molar-refractivity contribution in [3.05, 3.63) is 0 Å². The Morgan fingerprint density at radius 3 is 2.50 bits per heavy atom. The molecule has 14 heavy (non-hydrogen) atoms. The summed E-state index contributed by atoms with van der Waals surface area (Å²) in [5.74, 6) is -2.60. The van der Waals surface area contributed by atoms with Crippen molar-refractivity contribution in [1.82, 2.24) is 10.2 Å². The Morgan fingerprint density at radius 1 is 1.43 bits per heavy atom. The third kappa shape index (κ3) is 3.50. The van der Waals surface area contributed by atoms with Gasteiger partial charge in [0.2, 0.25) is 0 Å². The second kappa shape index (κ2) is 4.11. The standard InChI is InChI=1S/C10H20F2N2/c1-9(2)4-5-14(7-9)8-10(11,12)6-13-3/h13H,4-8H2,1-3H3. The molecular weight excluding hydrogens is 186 g/mol. The van der Waals surface area contributed by atoms with Crippen molar-refractivity contribution in [1.29, 1.82) is 0 Å². The molecule has 0 aliphatic carbocycles. The summed E-state index contributed by atoms with van der Waals surface area (Å²) in [4.78, 5) is 1.86. The van der Waals surface area contributed by atoms with Gasteiger partial charge in [0.15, 0.2) is 0 Å². The molecule has 2 nitrogen and oxygen atoms in total. The SMILES string of the molecule is CNCC(F)(F)CN1CCC(C)(C)C1. The molecule has 0 radical (unpaired) electrons. The topological polar surface area (TPSA) is 15.3 Å². The Hall–Kier alpha value is -0.220. The van der Waals surface area contributed by atoms with Crippen molar-refractivity contribution in [3.63, 3.8) is 0 Å². The summed E-state index contributed by atoms with van der Waals surface area (Å²) in [6.07, 6.45) is 1.02. The molecule has 1 rings (SSSR count). The molecule has 1 heterocycles. The zero-order valence-corrected chi connectivity index (χ0v) is 9.24. The van der Waals surface area contributed by atoms with Gasteiger partial charge in [-0.2, -0.15) is 0 Å². The molecule has 0 atom stereocenters. The fourth-order valence-corrected chi connectivity index (χ4v) is 2.00. The van der Waals surface area contributed by atoms with Crippen LogP contribution in [0.4, 0.5) is 8.78 Å². The number of hydrogen-bond donors (Lipinski definition) is 1. The van der Waals surface area contributed by atoms with Crippen molar-refractivity contribution < 1.29 is 8.78 Å². The van der Waals surface area contributed by atoms with E-state index in [0.717, 1.165) is 19.5 Å². The number of rotatable bonds is 4. The van der Waals surface area contributed by atoms with Crippen molar-refractivity contribution in [2.24, 2.45) is 5.41 Å². The second-order valence-electron chi connectivity index (χ2n) is 5.01. The molecule has 0 bridgehead atoms. The third-order valence-corrected chi connectivity index (χ3v) is 2.65. The molecule has 0 aromatic carbocycles. The molecule has 0 unspecified atom stereocenters. The highest BCUT2D eigenvalue weighted by atomic mass is 19.3. The van der Waals surface area contributed by atoms with Crippen LogP contribution in [0.15, 0.2) is 0 Å². The summed E-state index contributed by atoms with van der Waals surface area (Å²) in [7, 11) is 1.56. The molecular formula is C10H20F2N2. The van der Waals surface area contributed by atoms with Gasteiger partial charge in [-0.1, -0.05) is 13.8 Å². The largest absolute Gasteiger partial charge is 0.314 e. The summed E-state index contributed by atoms with van der Waals surface area (Å²) in [6.45, 7) is 5.49. The molecule has 1 aliphatic heterocycles. The number of hydrogen-bond acceptors (Lipinski definition) is 2. The molecule has 0 saturated carbocycles. The van der Waals surface area contributed by atoms with Gasteiger partial charge in [0, 0.05) is 6.54 Å². The van der Waals surface area contributed by atoms with Gasteiger partial charge in [-0.05, 0) is 25.4 Å². The van der Waals surface area contributed by atoms with E-state index < -0.39 is 5.92 Å². The third-order valence-electron chi connectivity index (χ3n) is 2.65. The van der Waals surface area contributed by atoms with Gasteiger partial charge in [-0.15, -0.1) is 0 Å². The molecule has 0 aromatic rings. The number of halogens is 2. The smallest absolute Gasteiger partial charge is 0.272 e. The maximum Gasteiger partial charge on any atom is 0.272 e. The fourth-order valence-electron chi connectivity index (χ4n) is 2.00. The number of likely N-dealkylation sites (tertiary alicyclic amines) is 1. The van der Waals surface area contributed by atoms with Gasteiger partial charge in [0.05, 0.1) is 13.1 Å². The minimum atomic E-state index is -2.60. The Labute approximate surface area is 84.7 Å². The first kappa shape index (κ1) is 11.9. The van der Waals surface area contributed by atoms with Crippen LogP contribution in [0.25, 0.3) is 0 Å².